The van der Waals surface area contributed by atoms with Gasteiger partial charge < -0.3 is 5.11 Å². The zero-order valence-corrected chi connectivity index (χ0v) is 10.1. The van der Waals surface area contributed by atoms with Crippen LogP contribution in [-0.4, -0.2) is 16.9 Å². The molecule has 0 heterocycles. The van der Waals surface area contributed by atoms with E-state index in [9.17, 15) is 18.3 Å². The highest BCUT2D eigenvalue weighted by Crippen LogP contribution is 2.52. The lowest BCUT2D eigenvalue weighted by molar-refractivity contribution is -0.275. The van der Waals surface area contributed by atoms with E-state index in [-0.39, 0.29) is 18.3 Å². The molecule has 0 aliphatic heterocycles. The quantitative estimate of drug-likeness (QED) is 0.773. The summed E-state index contributed by atoms with van der Waals surface area (Å²) in [6.07, 6.45) is -2.94. The lowest BCUT2D eigenvalue weighted by Crippen LogP contribution is -2.49. The lowest BCUT2D eigenvalue weighted by atomic mass is 9.79. The van der Waals surface area contributed by atoms with Gasteiger partial charge in [-0.2, -0.15) is 13.2 Å². The van der Waals surface area contributed by atoms with Gasteiger partial charge in [-0.1, -0.05) is 27.2 Å². The molecule has 1 aliphatic rings. The first-order valence-corrected chi connectivity index (χ1v) is 6.01. The van der Waals surface area contributed by atoms with Crippen LogP contribution in [0.5, 0.6) is 0 Å². The molecule has 96 valence electrons. The number of hydrogen-bond donors (Lipinski definition) is 1. The molecule has 0 aromatic rings. The smallest absolute Gasteiger partial charge is 0.380 e. The Kier molecular flexibility index (Phi) is 3.93. The van der Waals surface area contributed by atoms with Gasteiger partial charge in [0, 0.05) is 0 Å². The van der Waals surface area contributed by atoms with E-state index in [1.165, 1.54) is 0 Å². The second-order valence-corrected chi connectivity index (χ2v) is 5.31. The number of halogens is 3. The van der Waals surface area contributed by atoms with Gasteiger partial charge in [0.2, 0.25) is 0 Å². The van der Waals surface area contributed by atoms with Crippen molar-refractivity contribution >= 4 is 0 Å². The number of hydrogen-bond acceptors (Lipinski definition) is 1. The summed E-state index contributed by atoms with van der Waals surface area (Å²) in [5.74, 6) is -0.454. The summed E-state index contributed by atoms with van der Waals surface area (Å²) in [4.78, 5) is 0. The van der Waals surface area contributed by atoms with Crippen LogP contribution in [0.25, 0.3) is 0 Å². The molecule has 1 N–H and O–H groups in total. The van der Waals surface area contributed by atoms with Gasteiger partial charge >= 0.3 is 6.18 Å². The van der Waals surface area contributed by atoms with E-state index < -0.39 is 17.7 Å². The van der Waals surface area contributed by atoms with Gasteiger partial charge in [0.25, 0.3) is 0 Å². The maximum Gasteiger partial charge on any atom is 0.417 e. The summed E-state index contributed by atoms with van der Waals surface area (Å²) in [6.45, 7) is 5.71. The number of alkyl halides is 3. The standard InChI is InChI=1S/C12H21F3O/c1-4-9(8(2)3)7-11(16,10-5-6-10)12(13,14)15/h8-10,16H,4-7H2,1-3H3/t9-,11?/m0/s1. The molecule has 16 heavy (non-hydrogen) atoms. The van der Waals surface area contributed by atoms with Crippen molar-refractivity contribution < 1.29 is 18.3 Å². The van der Waals surface area contributed by atoms with Gasteiger partial charge in [-0.15, -0.1) is 0 Å². The molecular formula is C12H21F3O. The zero-order chi connectivity index (χ0) is 12.6. The first kappa shape index (κ1) is 13.8. The molecule has 1 saturated carbocycles. The van der Waals surface area contributed by atoms with Gasteiger partial charge in [-0.3, -0.25) is 0 Å². The van der Waals surface area contributed by atoms with Gasteiger partial charge in [0.05, 0.1) is 0 Å². The Morgan fingerprint density at radius 2 is 1.75 bits per heavy atom. The van der Waals surface area contributed by atoms with Crippen LogP contribution in [0, 0.1) is 17.8 Å². The summed E-state index contributed by atoms with van der Waals surface area (Å²) in [7, 11) is 0. The first-order chi connectivity index (χ1) is 7.22. The zero-order valence-electron chi connectivity index (χ0n) is 10.1. The van der Waals surface area contributed by atoms with Crippen LogP contribution in [0.3, 0.4) is 0 Å². The highest BCUT2D eigenvalue weighted by atomic mass is 19.4. The molecule has 1 nitrogen and oxygen atoms in total. The van der Waals surface area contributed by atoms with Crippen molar-refractivity contribution in [2.75, 3.05) is 0 Å². The fourth-order valence-electron chi connectivity index (χ4n) is 2.33. The molecule has 0 saturated heterocycles. The first-order valence-electron chi connectivity index (χ1n) is 6.01. The Bertz CT molecular complexity index is 233. The van der Waals surface area contributed by atoms with Crippen molar-refractivity contribution in [3.05, 3.63) is 0 Å². The van der Waals surface area contributed by atoms with Crippen molar-refractivity contribution in [1.29, 1.82) is 0 Å². The molecule has 0 aromatic heterocycles. The summed E-state index contributed by atoms with van der Waals surface area (Å²) in [5.41, 5.74) is -2.45. The van der Waals surface area contributed by atoms with Crippen molar-refractivity contribution in [2.45, 2.75) is 58.2 Å². The highest BCUT2D eigenvalue weighted by Gasteiger charge is 2.61. The molecule has 1 fully saturated rings. The van der Waals surface area contributed by atoms with Gasteiger partial charge in [-0.25, -0.2) is 0 Å². The van der Waals surface area contributed by atoms with Gasteiger partial charge in [0.1, 0.15) is 0 Å². The molecule has 1 aliphatic carbocycles. The Balaban J connectivity index is 2.78. The fraction of sp³-hybridized carbons (Fsp3) is 1.00. The van der Waals surface area contributed by atoms with E-state index >= 15 is 0 Å². The third-order valence-electron chi connectivity index (χ3n) is 3.78. The molecule has 4 heteroatoms. The van der Waals surface area contributed by atoms with Crippen molar-refractivity contribution in [3.8, 4) is 0 Å². The van der Waals surface area contributed by atoms with E-state index in [4.69, 9.17) is 0 Å². The van der Waals surface area contributed by atoms with Crippen molar-refractivity contribution in [2.24, 2.45) is 17.8 Å². The maximum atomic E-state index is 12.9. The summed E-state index contributed by atoms with van der Waals surface area (Å²) in [5, 5.41) is 9.91. The Hall–Kier alpha value is -0.250. The minimum absolute atomic E-state index is 0.0628. The van der Waals surface area contributed by atoms with Gasteiger partial charge in [0.15, 0.2) is 5.60 Å². The molecular weight excluding hydrogens is 217 g/mol. The van der Waals surface area contributed by atoms with Gasteiger partial charge in [-0.05, 0) is 37.0 Å². The van der Waals surface area contributed by atoms with Crippen LogP contribution in [-0.2, 0) is 0 Å². The van der Waals surface area contributed by atoms with Crippen molar-refractivity contribution in [3.63, 3.8) is 0 Å². The highest BCUT2D eigenvalue weighted by molar-refractivity contribution is 5.00. The van der Waals surface area contributed by atoms with Crippen LogP contribution < -0.4 is 0 Å². The number of aliphatic hydroxyl groups is 1. The van der Waals surface area contributed by atoms with E-state index in [1.54, 1.807) is 0 Å². The molecule has 0 radical (unpaired) electrons. The van der Waals surface area contributed by atoms with E-state index in [2.05, 4.69) is 0 Å². The largest absolute Gasteiger partial charge is 0.417 e. The second-order valence-electron chi connectivity index (χ2n) is 5.31. The van der Waals surface area contributed by atoms with Crippen LogP contribution in [0.2, 0.25) is 0 Å². The Morgan fingerprint density at radius 1 is 1.25 bits per heavy atom. The third-order valence-corrected chi connectivity index (χ3v) is 3.78. The minimum atomic E-state index is -4.49. The Labute approximate surface area is 95.0 Å². The van der Waals surface area contributed by atoms with Crippen LogP contribution in [0.1, 0.15) is 46.5 Å². The molecule has 0 aromatic carbocycles. The fourth-order valence-corrected chi connectivity index (χ4v) is 2.33. The van der Waals surface area contributed by atoms with Crippen molar-refractivity contribution in [1.82, 2.24) is 0 Å². The monoisotopic (exact) mass is 238 g/mol. The van der Waals surface area contributed by atoms with Crippen LogP contribution >= 0.6 is 0 Å². The third kappa shape index (κ3) is 2.70. The lowest BCUT2D eigenvalue weighted by Gasteiger charge is -2.35. The van der Waals surface area contributed by atoms with E-state index in [0.717, 1.165) is 0 Å². The van der Waals surface area contributed by atoms with Crippen LogP contribution in [0.15, 0.2) is 0 Å². The molecule has 1 unspecified atom stereocenters. The van der Waals surface area contributed by atoms with Crippen LogP contribution in [0.4, 0.5) is 13.2 Å². The SMILES string of the molecule is CC[C@@H](CC(O)(C1CC1)C(F)(F)F)C(C)C. The molecule has 1 rings (SSSR count). The number of rotatable bonds is 5. The average molecular weight is 238 g/mol. The second kappa shape index (κ2) is 4.55. The van der Waals surface area contributed by atoms with E-state index in [1.807, 2.05) is 20.8 Å². The summed E-state index contributed by atoms with van der Waals surface area (Å²) >= 11 is 0. The summed E-state index contributed by atoms with van der Waals surface area (Å²) < 4.78 is 38.7. The molecule has 0 amide bonds. The predicted molar refractivity (Wildman–Crippen MR) is 57.0 cm³/mol. The predicted octanol–water partition coefficient (Wildman–Crippen LogP) is 3.76. The molecule has 2 atom stereocenters. The molecule has 0 spiro atoms. The minimum Gasteiger partial charge on any atom is -0.380 e. The Morgan fingerprint density at radius 3 is 2.00 bits per heavy atom. The average Bonchev–Trinajstić information content (AvgIpc) is 2.94. The normalized spacial score (nSPS) is 23.2. The topological polar surface area (TPSA) is 20.2 Å². The maximum absolute atomic E-state index is 12.9. The van der Waals surface area contributed by atoms with E-state index in [0.29, 0.717) is 19.3 Å². The molecule has 0 bridgehead atoms. The summed E-state index contributed by atoms with van der Waals surface area (Å²) in [6, 6.07) is 0.